The molecule has 0 N–H and O–H groups in total. The van der Waals surface area contributed by atoms with Gasteiger partial charge in [-0.15, -0.1) is 0 Å². The molecule has 0 spiro atoms. The van der Waals surface area contributed by atoms with Crippen molar-refractivity contribution in [2.45, 2.75) is 98.3 Å². The molecule has 1 heterocycles. The summed E-state index contributed by atoms with van der Waals surface area (Å²) >= 11 is 0. The van der Waals surface area contributed by atoms with Gasteiger partial charge < -0.3 is 18.7 Å². The standard InChI is InChI=1S/C34H49NO6/c1-29(2)11-13-34(28(37)39-8)14-12-33(6)26(22(34)17-29)23(36)15-25-30(3)16-21-18-35-41-27(21)31(4,19-40-20-38-7)24(30)9-10-32(25,33)5/h15,18,22,24,26H,9-14,16-17,19-20H2,1-8H3/t22-,24+,26-,30-,31+,32+,33+,34-/m0/s1. The van der Waals surface area contributed by atoms with Crippen molar-refractivity contribution < 1.29 is 28.3 Å². The van der Waals surface area contributed by atoms with Crippen molar-refractivity contribution in [2.24, 2.45) is 44.8 Å². The largest absolute Gasteiger partial charge is 0.469 e. The van der Waals surface area contributed by atoms with Gasteiger partial charge in [0.1, 0.15) is 12.6 Å². The zero-order chi connectivity index (χ0) is 29.6. The minimum atomic E-state index is -0.563. The van der Waals surface area contributed by atoms with E-state index in [1.54, 1.807) is 7.11 Å². The Morgan fingerprint density at radius 2 is 1.78 bits per heavy atom. The Balaban J connectivity index is 1.47. The van der Waals surface area contributed by atoms with E-state index in [1.807, 2.05) is 12.3 Å². The van der Waals surface area contributed by atoms with Crippen LogP contribution in [0, 0.1) is 44.8 Å². The van der Waals surface area contributed by atoms with Gasteiger partial charge >= 0.3 is 5.97 Å². The molecule has 0 saturated heterocycles. The molecule has 6 rings (SSSR count). The van der Waals surface area contributed by atoms with Gasteiger partial charge in [-0.1, -0.05) is 45.3 Å². The van der Waals surface area contributed by atoms with Crippen LogP contribution in [0.1, 0.15) is 97.8 Å². The molecular weight excluding hydrogens is 518 g/mol. The van der Waals surface area contributed by atoms with E-state index in [9.17, 15) is 9.59 Å². The number of hydrogen-bond acceptors (Lipinski definition) is 7. The average Bonchev–Trinajstić information content (AvgIpc) is 3.38. The molecule has 7 nitrogen and oxygen atoms in total. The van der Waals surface area contributed by atoms with Crippen LogP contribution >= 0.6 is 0 Å². The Kier molecular flexibility index (Phi) is 6.57. The van der Waals surface area contributed by atoms with Crippen molar-refractivity contribution in [3.63, 3.8) is 0 Å². The van der Waals surface area contributed by atoms with Crippen LogP contribution in [0.25, 0.3) is 0 Å². The normalized spacial score (nSPS) is 44.4. The summed E-state index contributed by atoms with van der Waals surface area (Å²) in [4.78, 5) is 28.1. The van der Waals surface area contributed by atoms with Gasteiger partial charge in [0.05, 0.1) is 30.7 Å². The number of ketones is 1. The molecule has 41 heavy (non-hydrogen) atoms. The third-order valence-corrected chi connectivity index (χ3v) is 13.4. The Bertz CT molecular complexity index is 1280. The molecule has 1 aromatic heterocycles. The highest BCUT2D eigenvalue weighted by atomic mass is 16.7. The average molecular weight is 568 g/mol. The zero-order valence-corrected chi connectivity index (χ0v) is 26.4. The first kappa shape index (κ1) is 29.1. The second-order valence-corrected chi connectivity index (χ2v) is 15.8. The molecule has 0 amide bonds. The van der Waals surface area contributed by atoms with Crippen LogP contribution in [0.4, 0.5) is 0 Å². The minimum Gasteiger partial charge on any atom is -0.469 e. The highest BCUT2D eigenvalue weighted by Crippen LogP contribution is 2.74. The Hall–Kier alpha value is -1.99. The molecule has 5 aliphatic carbocycles. The van der Waals surface area contributed by atoms with Crippen LogP contribution in [0.15, 0.2) is 22.4 Å². The number of methoxy groups -OCH3 is 2. The highest BCUT2D eigenvalue weighted by molar-refractivity contribution is 5.96. The van der Waals surface area contributed by atoms with Crippen molar-refractivity contribution in [1.82, 2.24) is 5.16 Å². The van der Waals surface area contributed by atoms with Gasteiger partial charge in [-0.2, -0.15) is 0 Å². The molecule has 226 valence electrons. The molecule has 5 aliphatic rings. The summed E-state index contributed by atoms with van der Waals surface area (Å²) in [6.45, 7) is 14.7. The Morgan fingerprint density at radius 1 is 1.05 bits per heavy atom. The van der Waals surface area contributed by atoms with Gasteiger partial charge in [-0.05, 0) is 97.9 Å². The summed E-state index contributed by atoms with van der Waals surface area (Å²) in [6, 6.07) is 0. The predicted molar refractivity (Wildman–Crippen MR) is 154 cm³/mol. The van der Waals surface area contributed by atoms with Gasteiger partial charge in [0.15, 0.2) is 5.78 Å². The van der Waals surface area contributed by atoms with Crippen LogP contribution in [0.5, 0.6) is 0 Å². The lowest BCUT2D eigenvalue weighted by Gasteiger charge is -2.69. The predicted octanol–water partition coefficient (Wildman–Crippen LogP) is 6.44. The molecule has 7 heteroatoms. The lowest BCUT2D eigenvalue weighted by Crippen LogP contribution is -2.66. The lowest BCUT2D eigenvalue weighted by atomic mass is 9.34. The maximum absolute atomic E-state index is 14.6. The van der Waals surface area contributed by atoms with Crippen LogP contribution in [-0.2, 0) is 35.6 Å². The maximum atomic E-state index is 14.6. The van der Waals surface area contributed by atoms with Crippen molar-refractivity contribution in [1.29, 1.82) is 0 Å². The van der Waals surface area contributed by atoms with Gasteiger partial charge in [-0.25, -0.2) is 0 Å². The zero-order valence-electron chi connectivity index (χ0n) is 26.4. The molecule has 0 unspecified atom stereocenters. The van der Waals surface area contributed by atoms with E-state index in [2.05, 4.69) is 46.7 Å². The van der Waals surface area contributed by atoms with Crippen molar-refractivity contribution in [2.75, 3.05) is 27.6 Å². The van der Waals surface area contributed by atoms with E-state index in [4.69, 9.17) is 18.7 Å². The van der Waals surface area contributed by atoms with Crippen LogP contribution in [0.3, 0.4) is 0 Å². The fourth-order valence-electron chi connectivity index (χ4n) is 11.2. The first-order valence-corrected chi connectivity index (χ1v) is 15.6. The van der Waals surface area contributed by atoms with Crippen molar-refractivity contribution >= 4 is 11.8 Å². The third kappa shape index (κ3) is 3.73. The third-order valence-electron chi connectivity index (χ3n) is 13.4. The summed E-state index contributed by atoms with van der Waals surface area (Å²) < 4.78 is 22.6. The molecule has 8 atom stereocenters. The SMILES string of the molecule is COCOC[C@@]1(C)c2oncc2C[C@]2(C)C3=CC(=O)[C@@H]4[C@@H]5CC(C)(C)CC[C@]5(C(=O)OC)CC[C@@]4(C)[C@]3(C)CC[C@@H]12. The van der Waals surface area contributed by atoms with Gasteiger partial charge in [-0.3, -0.25) is 9.59 Å². The maximum Gasteiger partial charge on any atom is 0.312 e. The van der Waals surface area contributed by atoms with Crippen molar-refractivity contribution in [3.8, 4) is 0 Å². The molecule has 0 bridgehead atoms. The first-order chi connectivity index (χ1) is 19.2. The molecular formula is C34H49NO6. The molecule has 3 saturated carbocycles. The number of ether oxygens (including phenoxy) is 3. The number of aromatic nitrogens is 1. The van der Waals surface area contributed by atoms with Gasteiger partial charge in [0.25, 0.3) is 0 Å². The number of carbonyl (C=O) groups is 2. The smallest absolute Gasteiger partial charge is 0.312 e. The number of allylic oxidation sites excluding steroid dienone is 2. The second-order valence-electron chi connectivity index (χ2n) is 15.8. The Labute approximate surface area is 245 Å². The summed E-state index contributed by atoms with van der Waals surface area (Å²) in [7, 11) is 3.16. The summed E-state index contributed by atoms with van der Waals surface area (Å²) in [5.41, 5.74) is 0.887. The molecule has 1 aromatic rings. The minimum absolute atomic E-state index is 0.00570. The van der Waals surface area contributed by atoms with Gasteiger partial charge in [0, 0.05) is 18.6 Å². The number of fused-ring (bicyclic) bond motifs is 8. The highest BCUT2D eigenvalue weighted by Gasteiger charge is 2.71. The Morgan fingerprint density at radius 3 is 2.49 bits per heavy atom. The summed E-state index contributed by atoms with van der Waals surface area (Å²) in [6.07, 6.45) is 11.0. The fourth-order valence-corrected chi connectivity index (χ4v) is 11.2. The summed E-state index contributed by atoms with van der Waals surface area (Å²) in [5, 5.41) is 4.23. The molecule has 0 aromatic carbocycles. The van der Waals surface area contributed by atoms with Crippen molar-refractivity contribution in [3.05, 3.63) is 29.2 Å². The van der Waals surface area contributed by atoms with Gasteiger partial charge in [0.2, 0.25) is 0 Å². The molecule has 3 fully saturated rings. The first-order valence-electron chi connectivity index (χ1n) is 15.6. The van der Waals surface area contributed by atoms with E-state index in [-0.39, 0.29) is 63.4 Å². The topological polar surface area (TPSA) is 87.9 Å². The summed E-state index contributed by atoms with van der Waals surface area (Å²) in [5.74, 6) is 1.06. The number of hydrogen-bond donors (Lipinski definition) is 0. The number of esters is 1. The quantitative estimate of drug-likeness (QED) is 0.230. The fraction of sp³-hybridized carbons (Fsp3) is 0.794. The number of carbonyl (C=O) groups excluding carboxylic acids is 2. The van der Waals surface area contributed by atoms with E-state index in [0.717, 1.165) is 62.7 Å². The second kappa shape index (κ2) is 9.25. The molecule has 0 radical (unpaired) electrons. The number of rotatable bonds is 5. The van der Waals surface area contributed by atoms with Crippen LogP contribution in [-0.4, -0.2) is 44.5 Å². The molecule has 0 aliphatic heterocycles. The van der Waals surface area contributed by atoms with Crippen LogP contribution in [0.2, 0.25) is 0 Å². The van der Waals surface area contributed by atoms with E-state index >= 15 is 0 Å². The van der Waals surface area contributed by atoms with E-state index < -0.39 is 5.41 Å². The van der Waals surface area contributed by atoms with E-state index in [1.165, 1.54) is 12.7 Å². The monoisotopic (exact) mass is 567 g/mol. The van der Waals surface area contributed by atoms with Crippen LogP contribution < -0.4 is 0 Å². The number of nitrogens with zero attached hydrogens (tertiary/aromatic N) is 1. The lowest BCUT2D eigenvalue weighted by molar-refractivity contribution is -0.192. The van der Waals surface area contributed by atoms with E-state index in [0.29, 0.717) is 6.61 Å².